The highest BCUT2D eigenvalue weighted by Crippen LogP contribution is 2.39. The van der Waals surface area contributed by atoms with Crippen LogP contribution in [0.2, 0.25) is 0 Å². The Balaban J connectivity index is 1.99. The minimum absolute atomic E-state index is 0.00200. The van der Waals surface area contributed by atoms with Crippen LogP contribution in [0, 0.1) is 29.6 Å². The normalized spacial score (nSPS) is 17.3. The van der Waals surface area contributed by atoms with Crippen molar-refractivity contribution in [3.05, 3.63) is 36.0 Å². The number of alkyl carbamates (subject to hydrolysis) is 1. The number of aromatic amines is 1. The lowest BCUT2D eigenvalue weighted by Crippen LogP contribution is -2.56. The zero-order valence-electron chi connectivity index (χ0n) is 32.5. The van der Waals surface area contributed by atoms with Crippen molar-refractivity contribution < 1.29 is 29.0 Å². The fourth-order valence-electron chi connectivity index (χ4n) is 7.11. The van der Waals surface area contributed by atoms with E-state index in [0.717, 1.165) is 36.6 Å². The number of ether oxygens (including phenoxy) is 2. The molecule has 1 unspecified atom stereocenters. The van der Waals surface area contributed by atoms with Crippen LogP contribution in [0.3, 0.4) is 0 Å². The lowest BCUT2D eigenvalue weighted by Gasteiger charge is -2.37. The van der Waals surface area contributed by atoms with Gasteiger partial charge in [0.05, 0.1) is 12.1 Å². The van der Waals surface area contributed by atoms with Crippen molar-refractivity contribution in [1.82, 2.24) is 20.5 Å². The molecule has 0 bridgehead atoms. The molecule has 2 aromatic rings. The summed E-state index contributed by atoms with van der Waals surface area (Å²) >= 11 is 0. The number of benzene rings is 1. The van der Waals surface area contributed by atoms with Gasteiger partial charge in [-0.05, 0) is 112 Å². The summed E-state index contributed by atoms with van der Waals surface area (Å²) in [5.41, 5.74) is 1.54. The van der Waals surface area contributed by atoms with Crippen LogP contribution in [0.1, 0.15) is 112 Å². The number of hydrogen-bond acceptors (Lipinski definition) is 6. The van der Waals surface area contributed by atoms with Crippen LogP contribution in [0.25, 0.3) is 10.9 Å². The summed E-state index contributed by atoms with van der Waals surface area (Å²) in [6.45, 7) is 18.1. The smallest absolute Gasteiger partial charge is 0.408 e. The average Bonchev–Trinajstić information content (AvgIpc) is 3.77. The van der Waals surface area contributed by atoms with E-state index >= 15 is 0 Å². The molecule has 6 atom stereocenters. The van der Waals surface area contributed by atoms with E-state index < -0.39 is 35.8 Å². The zero-order valence-corrected chi connectivity index (χ0v) is 32.5. The third kappa shape index (κ3) is 12.0. The van der Waals surface area contributed by atoms with Crippen molar-refractivity contribution in [3.8, 4) is 0 Å². The highest BCUT2D eigenvalue weighted by Gasteiger charge is 2.39. The highest BCUT2D eigenvalue weighted by atomic mass is 16.6. The third-order valence-electron chi connectivity index (χ3n) is 10.2. The summed E-state index contributed by atoms with van der Waals surface area (Å²) in [6, 6.07) is 7.31. The van der Waals surface area contributed by atoms with Gasteiger partial charge in [-0.2, -0.15) is 0 Å². The molecular weight excluding hydrogens is 632 g/mol. The molecule has 1 aliphatic rings. The molecule has 282 valence electrons. The number of nitrogens with zero attached hydrogens (tertiary/aromatic N) is 1. The van der Waals surface area contributed by atoms with Crippen molar-refractivity contribution in [3.63, 3.8) is 0 Å². The SMILES string of the molecule is COCCC[C@H](c1ccc2cc[nH]c2c1)[C@@H](C[C@H](NC(=O)C(NC(=O)OC(C)(C)C)C(C)C)[C@@H](O)C[C@H](C(=O)N(C)C1CC1)C(C)C)C(C)C. The van der Waals surface area contributed by atoms with E-state index in [4.69, 9.17) is 9.47 Å². The maximum absolute atomic E-state index is 14.1. The van der Waals surface area contributed by atoms with Gasteiger partial charge in [-0.1, -0.05) is 53.7 Å². The molecule has 1 fully saturated rings. The number of H-pyrrole nitrogens is 1. The molecule has 1 saturated carbocycles. The van der Waals surface area contributed by atoms with E-state index in [2.05, 4.69) is 53.7 Å². The number of fused-ring (bicyclic) bond motifs is 1. The Bertz CT molecular complexity index is 1380. The number of amides is 3. The van der Waals surface area contributed by atoms with E-state index in [-0.39, 0.29) is 53.9 Å². The average molecular weight is 699 g/mol. The van der Waals surface area contributed by atoms with Gasteiger partial charge >= 0.3 is 6.09 Å². The Morgan fingerprint density at radius 3 is 2.22 bits per heavy atom. The number of aromatic nitrogens is 1. The molecule has 0 radical (unpaired) electrons. The van der Waals surface area contributed by atoms with Crippen LogP contribution in [0.5, 0.6) is 0 Å². The zero-order chi connectivity index (χ0) is 37.3. The fourth-order valence-corrected chi connectivity index (χ4v) is 7.11. The first kappa shape index (κ1) is 41.3. The molecule has 3 amide bonds. The van der Waals surface area contributed by atoms with E-state index in [1.54, 1.807) is 27.9 Å². The maximum atomic E-state index is 14.1. The lowest BCUT2D eigenvalue weighted by molar-refractivity contribution is -0.137. The highest BCUT2D eigenvalue weighted by molar-refractivity contribution is 5.86. The molecular formula is C40H66N4O6. The summed E-state index contributed by atoms with van der Waals surface area (Å²) in [7, 11) is 3.57. The molecule has 1 heterocycles. The van der Waals surface area contributed by atoms with Crippen LogP contribution in [0.15, 0.2) is 30.5 Å². The predicted octanol–water partition coefficient (Wildman–Crippen LogP) is 7.02. The molecule has 4 N–H and O–H groups in total. The summed E-state index contributed by atoms with van der Waals surface area (Å²) < 4.78 is 10.9. The largest absolute Gasteiger partial charge is 0.444 e. The quantitative estimate of drug-likeness (QED) is 0.117. The molecule has 1 aromatic carbocycles. The molecule has 1 aromatic heterocycles. The van der Waals surface area contributed by atoms with Crippen molar-refractivity contribution in [2.75, 3.05) is 20.8 Å². The maximum Gasteiger partial charge on any atom is 0.408 e. The van der Waals surface area contributed by atoms with Crippen molar-refractivity contribution in [2.45, 2.75) is 137 Å². The van der Waals surface area contributed by atoms with E-state index in [9.17, 15) is 19.5 Å². The number of aliphatic hydroxyl groups is 1. The number of rotatable bonds is 19. The van der Waals surface area contributed by atoms with Gasteiger partial charge in [0, 0.05) is 44.4 Å². The van der Waals surface area contributed by atoms with Crippen LogP contribution >= 0.6 is 0 Å². The number of hydrogen-bond donors (Lipinski definition) is 4. The molecule has 0 aliphatic heterocycles. The van der Waals surface area contributed by atoms with Gasteiger partial charge < -0.3 is 35.1 Å². The van der Waals surface area contributed by atoms with Gasteiger partial charge in [0.15, 0.2) is 0 Å². The summed E-state index contributed by atoms with van der Waals surface area (Å²) in [6.07, 6.45) is 4.72. The Labute approximate surface area is 300 Å². The molecule has 10 nitrogen and oxygen atoms in total. The molecule has 1 aliphatic carbocycles. The molecule has 3 rings (SSSR count). The number of carbonyl (C=O) groups is 3. The Hall–Kier alpha value is -3.11. The predicted molar refractivity (Wildman–Crippen MR) is 200 cm³/mol. The second-order valence-electron chi connectivity index (χ2n) is 16.5. The first-order valence-electron chi connectivity index (χ1n) is 18.7. The second kappa shape index (κ2) is 18.4. The van der Waals surface area contributed by atoms with E-state index in [0.29, 0.717) is 13.0 Å². The van der Waals surface area contributed by atoms with Crippen LogP contribution in [-0.4, -0.2) is 83.5 Å². The molecule has 0 saturated heterocycles. The van der Waals surface area contributed by atoms with E-state index in [1.165, 1.54) is 5.56 Å². The second-order valence-corrected chi connectivity index (χ2v) is 16.5. The summed E-state index contributed by atoms with van der Waals surface area (Å²) in [4.78, 5) is 45.8. The first-order chi connectivity index (χ1) is 23.4. The fraction of sp³-hybridized carbons (Fsp3) is 0.725. The Morgan fingerprint density at radius 1 is 0.980 bits per heavy atom. The van der Waals surface area contributed by atoms with Gasteiger partial charge in [-0.25, -0.2) is 4.79 Å². The summed E-state index contributed by atoms with van der Waals surface area (Å²) in [5.74, 6) is -0.598. The first-order valence-corrected chi connectivity index (χ1v) is 18.7. The molecule has 50 heavy (non-hydrogen) atoms. The number of carbonyl (C=O) groups excluding carboxylic acids is 3. The van der Waals surface area contributed by atoms with Crippen molar-refractivity contribution in [2.24, 2.45) is 29.6 Å². The van der Waals surface area contributed by atoms with Crippen LogP contribution < -0.4 is 10.6 Å². The lowest BCUT2D eigenvalue weighted by atomic mass is 9.72. The monoisotopic (exact) mass is 698 g/mol. The van der Waals surface area contributed by atoms with Crippen molar-refractivity contribution in [1.29, 1.82) is 0 Å². The number of methoxy groups -OCH3 is 1. The Morgan fingerprint density at radius 2 is 1.66 bits per heavy atom. The minimum Gasteiger partial charge on any atom is -0.444 e. The summed E-state index contributed by atoms with van der Waals surface area (Å²) in [5, 5.41) is 19.2. The van der Waals surface area contributed by atoms with Gasteiger partial charge in [0.1, 0.15) is 11.6 Å². The van der Waals surface area contributed by atoms with Crippen LogP contribution in [0.4, 0.5) is 4.79 Å². The van der Waals surface area contributed by atoms with Gasteiger partial charge in [0.25, 0.3) is 0 Å². The Kier molecular flexibility index (Phi) is 15.2. The number of aliphatic hydroxyl groups excluding tert-OH is 1. The van der Waals surface area contributed by atoms with Gasteiger partial charge in [0.2, 0.25) is 11.8 Å². The molecule has 10 heteroatoms. The standard InChI is InChI=1S/C40H66N4O6/c1-24(2)31(30(13-12-20-49-11)28-15-14-27-18-19-41-33(27)21-28)22-34(35(45)23-32(25(3)4)38(47)44(10)29-16-17-29)42-37(46)36(26(5)6)43-39(48)50-40(7,8)9/h14-15,18-19,21,24-26,29-32,34-36,41,45H,12-13,16-17,20,22-23H2,1-11H3,(H,42,46)(H,43,48)/t30-,31+,32+,34+,35+,36?/m1/s1. The van der Waals surface area contributed by atoms with E-state index in [1.807, 2.05) is 45.8 Å². The van der Waals surface area contributed by atoms with Crippen LogP contribution in [-0.2, 0) is 19.1 Å². The number of nitrogens with one attached hydrogen (secondary N) is 3. The minimum atomic E-state index is -0.996. The van der Waals surface area contributed by atoms with Gasteiger partial charge in [-0.3, -0.25) is 9.59 Å². The van der Waals surface area contributed by atoms with Gasteiger partial charge in [-0.15, -0.1) is 0 Å². The van der Waals surface area contributed by atoms with Crippen molar-refractivity contribution >= 4 is 28.8 Å². The topological polar surface area (TPSA) is 133 Å². The third-order valence-corrected chi connectivity index (χ3v) is 10.2. The molecule has 0 spiro atoms.